The van der Waals surface area contributed by atoms with E-state index in [9.17, 15) is 9.59 Å². The lowest BCUT2D eigenvalue weighted by atomic mass is 10.1. The summed E-state index contributed by atoms with van der Waals surface area (Å²) in [6.07, 6.45) is 1.49. The lowest BCUT2D eigenvalue weighted by Crippen LogP contribution is -2.29. The summed E-state index contributed by atoms with van der Waals surface area (Å²) in [5.74, 6) is -1.77. The summed E-state index contributed by atoms with van der Waals surface area (Å²) in [6, 6.07) is 7.65. The van der Waals surface area contributed by atoms with Crippen molar-refractivity contribution < 1.29 is 14.7 Å². The van der Waals surface area contributed by atoms with Crippen molar-refractivity contribution in [3.8, 4) is 0 Å². The third-order valence-corrected chi connectivity index (χ3v) is 3.10. The molecule has 0 aliphatic rings. The van der Waals surface area contributed by atoms with Crippen molar-refractivity contribution in [2.24, 2.45) is 5.73 Å². The molecule has 1 amide bonds. The van der Waals surface area contributed by atoms with Gasteiger partial charge in [0.1, 0.15) is 5.49 Å². The molecule has 1 heterocycles. The highest BCUT2D eigenvalue weighted by Crippen LogP contribution is 2.11. The minimum absolute atomic E-state index is 0.0110. The Hall–Kier alpha value is -2.60. The fourth-order valence-corrected chi connectivity index (χ4v) is 2.15. The molecular formula is C14H12ClN3O3. The Morgan fingerprint density at radius 3 is 2.67 bits per heavy atom. The highest BCUT2D eigenvalue weighted by Gasteiger charge is 2.09. The first-order valence-corrected chi connectivity index (χ1v) is 6.33. The van der Waals surface area contributed by atoms with Crippen LogP contribution in [0.25, 0.3) is 0 Å². The van der Waals surface area contributed by atoms with E-state index < -0.39 is 11.9 Å². The number of aromatic nitrogens is 1. The maximum atomic E-state index is 11.3. The molecule has 0 unspecified atom stereocenters. The van der Waals surface area contributed by atoms with Crippen LogP contribution < -0.4 is 11.2 Å². The number of hydrogen-bond donors (Lipinski definition) is 3. The van der Waals surface area contributed by atoms with Crippen LogP contribution in [0.4, 0.5) is 0 Å². The average Bonchev–Trinajstić information content (AvgIpc) is 2.42. The van der Waals surface area contributed by atoms with Gasteiger partial charge in [-0.05, 0) is 23.8 Å². The van der Waals surface area contributed by atoms with Crippen molar-refractivity contribution in [2.75, 3.05) is 0 Å². The van der Waals surface area contributed by atoms with Crippen LogP contribution in [-0.2, 0) is 6.54 Å². The average molecular weight is 306 g/mol. The van der Waals surface area contributed by atoms with Gasteiger partial charge in [0.15, 0.2) is 0 Å². The van der Waals surface area contributed by atoms with Crippen LogP contribution in [-0.4, -0.2) is 21.6 Å². The Balaban J connectivity index is 2.45. The number of rotatable bonds is 4. The summed E-state index contributed by atoms with van der Waals surface area (Å²) < 4.78 is 1.43. The van der Waals surface area contributed by atoms with Crippen LogP contribution in [0.3, 0.4) is 0 Å². The molecule has 6 nitrogen and oxygen atoms in total. The molecular weight excluding hydrogens is 294 g/mol. The Bertz CT molecular complexity index is 783. The summed E-state index contributed by atoms with van der Waals surface area (Å²) in [7, 11) is 0. The highest BCUT2D eigenvalue weighted by atomic mass is 35.5. The Kier molecular flexibility index (Phi) is 4.09. The molecule has 2 rings (SSSR count). The molecule has 0 spiro atoms. The number of carbonyl (C=O) groups excluding carboxylic acids is 1. The van der Waals surface area contributed by atoms with E-state index in [-0.39, 0.29) is 28.2 Å². The number of hydrogen-bond acceptors (Lipinski definition) is 3. The number of halogens is 1. The number of carbonyl (C=O) groups is 2. The number of aromatic carboxylic acids is 1. The highest BCUT2D eigenvalue weighted by molar-refractivity contribution is 6.30. The van der Waals surface area contributed by atoms with Gasteiger partial charge in [0.2, 0.25) is 0 Å². The molecule has 21 heavy (non-hydrogen) atoms. The predicted molar refractivity (Wildman–Crippen MR) is 76.3 cm³/mol. The molecule has 0 aliphatic carbocycles. The van der Waals surface area contributed by atoms with E-state index in [0.717, 1.165) is 0 Å². The van der Waals surface area contributed by atoms with E-state index in [1.54, 1.807) is 12.1 Å². The lowest BCUT2D eigenvalue weighted by Gasteiger charge is -2.10. The number of pyridine rings is 1. The zero-order valence-corrected chi connectivity index (χ0v) is 11.6. The van der Waals surface area contributed by atoms with Crippen LogP contribution in [0, 0.1) is 5.41 Å². The summed E-state index contributed by atoms with van der Waals surface area (Å²) in [5, 5.41) is 17.2. The monoisotopic (exact) mass is 305 g/mol. The van der Waals surface area contributed by atoms with Crippen LogP contribution in [0.5, 0.6) is 0 Å². The lowest BCUT2D eigenvalue weighted by molar-refractivity contribution is 0.0696. The van der Waals surface area contributed by atoms with Crippen LogP contribution in [0.2, 0.25) is 5.02 Å². The van der Waals surface area contributed by atoms with Crippen LogP contribution >= 0.6 is 11.6 Å². The summed E-state index contributed by atoms with van der Waals surface area (Å²) in [4.78, 5) is 22.2. The first-order chi connectivity index (χ1) is 9.88. The van der Waals surface area contributed by atoms with Gasteiger partial charge >= 0.3 is 5.97 Å². The third-order valence-electron chi connectivity index (χ3n) is 2.90. The van der Waals surface area contributed by atoms with E-state index >= 15 is 0 Å². The fraction of sp³-hybridized carbons (Fsp3) is 0.0714. The van der Waals surface area contributed by atoms with Crippen molar-refractivity contribution in [1.29, 1.82) is 5.41 Å². The standard InChI is InChI=1S/C14H12ClN3O3/c15-10-5-11(13(17)19)12(16)18(7-10)6-8-2-1-3-9(4-8)14(20)21/h1-5,7,16H,6H2,(H2,17,19)(H,20,21). The van der Waals surface area contributed by atoms with Gasteiger partial charge in [0.25, 0.3) is 5.91 Å². The molecule has 0 saturated carbocycles. The number of primary amides is 1. The number of nitrogens with zero attached hydrogens (tertiary/aromatic N) is 1. The molecule has 1 aromatic heterocycles. The minimum atomic E-state index is -1.03. The third kappa shape index (κ3) is 3.29. The number of nitrogens with one attached hydrogen (secondary N) is 1. The normalized spacial score (nSPS) is 10.3. The summed E-state index contributed by atoms with van der Waals surface area (Å²) >= 11 is 5.91. The van der Waals surface area contributed by atoms with Gasteiger partial charge in [-0.15, -0.1) is 0 Å². The molecule has 108 valence electrons. The van der Waals surface area contributed by atoms with E-state index in [1.807, 2.05) is 0 Å². The Morgan fingerprint density at radius 2 is 2.05 bits per heavy atom. The van der Waals surface area contributed by atoms with Gasteiger partial charge in [-0.2, -0.15) is 0 Å². The Morgan fingerprint density at radius 1 is 1.33 bits per heavy atom. The summed E-state index contributed by atoms with van der Waals surface area (Å²) in [5.41, 5.74) is 5.96. The zero-order valence-electron chi connectivity index (χ0n) is 10.8. The number of amides is 1. The second-order valence-electron chi connectivity index (χ2n) is 4.42. The number of nitrogens with two attached hydrogens (primary N) is 1. The predicted octanol–water partition coefficient (Wildman–Crippen LogP) is 1.47. The van der Waals surface area contributed by atoms with Gasteiger partial charge in [-0.3, -0.25) is 10.2 Å². The van der Waals surface area contributed by atoms with Crippen molar-refractivity contribution in [1.82, 2.24) is 4.57 Å². The largest absolute Gasteiger partial charge is 0.478 e. The molecule has 7 heteroatoms. The van der Waals surface area contributed by atoms with Gasteiger partial charge in [0.05, 0.1) is 16.1 Å². The molecule has 0 radical (unpaired) electrons. The first-order valence-electron chi connectivity index (χ1n) is 5.95. The molecule has 0 fully saturated rings. The Labute approximate surface area is 124 Å². The van der Waals surface area contributed by atoms with Crippen LogP contribution in [0.15, 0.2) is 36.5 Å². The van der Waals surface area contributed by atoms with E-state index in [0.29, 0.717) is 5.56 Å². The fourth-order valence-electron chi connectivity index (χ4n) is 1.92. The second kappa shape index (κ2) is 5.80. The molecule has 4 N–H and O–H groups in total. The molecule has 0 aliphatic heterocycles. The van der Waals surface area contributed by atoms with Gasteiger partial charge in [-0.1, -0.05) is 23.7 Å². The number of carboxylic acids is 1. The number of carboxylic acid groups (broad SMARTS) is 1. The number of benzene rings is 1. The van der Waals surface area contributed by atoms with Gasteiger partial charge < -0.3 is 15.4 Å². The summed E-state index contributed by atoms with van der Waals surface area (Å²) in [6.45, 7) is 0.209. The quantitative estimate of drug-likeness (QED) is 0.795. The first kappa shape index (κ1) is 14.8. The maximum absolute atomic E-state index is 11.3. The second-order valence-corrected chi connectivity index (χ2v) is 4.85. The van der Waals surface area contributed by atoms with Crippen molar-refractivity contribution in [3.05, 3.63) is 63.7 Å². The van der Waals surface area contributed by atoms with Crippen LogP contribution in [0.1, 0.15) is 26.3 Å². The molecule has 0 atom stereocenters. The van der Waals surface area contributed by atoms with E-state index in [2.05, 4.69) is 0 Å². The van der Waals surface area contributed by atoms with Gasteiger partial charge in [-0.25, -0.2) is 4.79 Å². The van der Waals surface area contributed by atoms with E-state index in [1.165, 1.54) is 29.0 Å². The van der Waals surface area contributed by atoms with Crippen molar-refractivity contribution in [3.63, 3.8) is 0 Å². The van der Waals surface area contributed by atoms with E-state index in [4.69, 9.17) is 27.9 Å². The minimum Gasteiger partial charge on any atom is -0.478 e. The maximum Gasteiger partial charge on any atom is 0.335 e. The molecule has 0 bridgehead atoms. The zero-order chi connectivity index (χ0) is 15.6. The van der Waals surface area contributed by atoms with Crippen molar-refractivity contribution >= 4 is 23.5 Å². The smallest absolute Gasteiger partial charge is 0.335 e. The molecule has 0 saturated heterocycles. The van der Waals surface area contributed by atoms with Crippen molar-refractivity contribution in [2.45, 2.75) is 6.54 Å². The van der Waals surface area contributed by atoms with Gasteiger partial charge in [0, 0.05) is 12.7 Å². The topological polar surface area (TPSA) is 109 Å². The molecule has 1 aromatic carbocycles. The molecule has 2 aromatic rings. The SMILES string of the molecule is N=c1c(C(N)=O)cc(Cl)cn1Cc1cccc(C(=O)O)c1.